The lowest BCUT2D eigenvalue weighted by Gasteiger charge is -2.19. The zero-order valence-corrected chi connectivity index (χ0v) is 11.9. The number of aromatic nitrogens is 1. The highest BCUT2D eigenvalue weighted by Gasteiger charge is 2.15. The van der Waals surface area contributed by atoms with Gasteiger partial charge in [-0.3, -0.25) is 4.98 Å². The molecule has 1 atom stereocenters. The third kappa shape index (κ3) is 2.40. The van der Waals surface area contributed by atoms with E-state index in [1.54, 1.807) is 0 Å². The fraction of sp³-hybridized carbons (Fsp3) is 0.118. The normalized spacial score (nSPS) is 12.5. The molecule has 0 aliphatic rings. The molecule has 0 aliphatic heterocycles. The molecule has 0 saturated heterocycles. The van der Waals surface area contributed by atoms with Crippen molar-refractivity contribution < 1.29 is 0 Å². The SMILES string of the molecule is CNC(c1cccc(Cl)c1)c1cccc2ncccc12. The average Bonchev–Trinajstić information content (AvgIpc) is 2.48. The minimum atomic E-state index is 0.0987. The predicted octanol–water partition coefficient (Wildman–Crippen LogP) is 4.20. The molecule has 0 bridgehead atoms. The largest absolute Gasteiger partial charge is 0.309 e. The van der Waals surface area contributed by atoms with E-state index in [0.29, 0.717) is 0 Å². The Morgan fingerprint density at radius 3 is 2.70 bits per heavy atom. The first-order chi connectivity index (χ1) is 9.79. The van der Waals surface area contributed by atoms with Crippen LogP contribution in [0.4, 0.5) is 0 Å². The van der Waals surface area contributed by atoms with Gasteiger partial charge in [0, 0.05) is 16.6 Å². The Kier molecular flexibility index (Phi) is 3.68. The number of hydrogen-bond acceptors (Lipinski definition) is 2. The first kappa shape index (κ1) is 13.1. The maximum atomic E-state index is 6.11. The van der Waals surface area contributed by atoms with E-state index in [-0.39, 0.29) is 6.04 Å². The number of nitrogens with one attached hydrogen (secondary N) is 1. The molecule has 2 nitrogen and oxygen atoms in total. The summed E-state index contributed by atoms with van der Waals surface area (Å²) in [6.45, 7) is 0. The second-order valence-electron chi connectivity index (χ2n) is 4.69. The standard InChI is InChI=1S/C17H15ClN2/c1-19-17(12-5-2-6-13(18)11-12)15-7-3-9-16-14(15)8-4-10-20-16/h2-11,17,19H,1H3. The van der Waals surface area contributed by atoms with Gasteiger partial charge in [0.15, 0.2) is 0 Å². The summed E-state index contributed by atoms with van der Waals surface area (Å²) in [7, 11) is 1.96. The van der Waals surface area contributed by atoms with Gasteiger partial charge in [-0.25, -0.2) is 0 Å². The highest BCUT2D eigenvalue weighted by atomic mass is 35.5. The van der Waals surface area contributed by atoms with Gasteiger partial charge in [-0.15, -0.1) is 0 Å². The highest BCUT2D eigenvalue weighted by molar-refractivity contribution is 6.30. The summed E-state index contributed by atoms with van der Waals surface area (Å²) in [6.07, 6.45) is 1.82. The molecule has 1 N–H and O–H groups in total. The lowest BCUT2D eigenvalue weighted by atomic mass is 9.95. The van der Waals surface area contributed by atoms with Crippen molar-refractivity contribution in [2.24, 2.45) is 0 Å². The van der Waals surface area contributed by atoms with Crippen LogP contribution in [0.2, 0.25) is 5.02 Å². The summed E-state index contributed by atoms with van der Waals surface area (Å²) in [5.74, 6) is 0. The van der Waals surface area contributed by atoms with E-state index in [4.69, 9.17) is 11.6 Å². The van der Waals surface area contributed by atoms with Gasteiger partial charge in [-0.1, -0.05) is 41.9 Å². The molecular formula is C17H15ClN2. The maximum absolute atomic E-state index is 6.11. The molecule has 1 unspecified atom stereocenters. The quantitative estimate of drug-likeness (QED) is 0.779. The van der Waals surface area contributed by atoms with Crippen molar-refractivity contribution in [2.75, 3.05) is 7.05 Å². The third-order valence-corrected chi connectivity index (χ3v) is 3.70. The van der Waals surface area contributed by atoms with Crippen molar-refractivity contribution in [3.8, 4) is 0 Å². The fourth-order valence-corrected chi connectivity index (χ4v) is 2.77. The van der Waals surface area contributed by atoms with Crippen LogP contribution < -0.4 is 5.32 Å². The highest BCUT2D eigenvalue weighted by Crippen LogP contribution is 2.29. The number of nitrogens with zero attached hydrogens (tertiary/aromatic N) is 1. The van der Waals surface area contributed by atoms with Gasteiger partial charge in [0.05, 0.1) is 11.6 Å². The average molecular weight is 283 g/mol. The van der Waals surface area contributed by atoms with E-state index < -0.39 is 0 Å². The minimum absolute atomic E-state index is 0.0987. The van der Waals surface area contributed by atoms with Crippen molar-refractivity contribution in [1.29, 1.82) is 0 Å². The Bertz CT molecular complexity index is 734. The summed E-state index contributed by atoms with van der Waals surface area (Å²) >= 11 is 6.11. The van der Waals surface area contributed by atoms with Crippen molar-refractivity contribution in [2.45, 2.75) is 6.04 Å². The Labute approximate surface area is 123 Å². The fourth-order valence-electron chi connectivity index (χ4n) is 2.57. The van der Waals surface area contributed by atoms with Crippen LogP contribution in [0.1, 0.15) is 17.2 Å². The summed E-state index contributed by atoms with van der Waals surface area (Å²) in [6, 6.07) is 18.3. The van der Waals surface area contributed by atoms with Gasteiger partial charge in [-0.2, -0.15) is 0 Å². The van der Waals surface area contributed by atoms with Crippen LogP contribution >= 0.6 is 11.6 Å². The van der Waals surface area contributed by atoms with Crippen molar-refractivity contribution in [1.82, 2.24) is 10.3 Å². The molecule has 0 spiro atoms. The molecule has 3 aromatic rings. The number of fused-ring (bicyclic) bond motifs is 1. The van der Waals surface area contributed by atoms with E-state index in [2.05, 4.69) is 28.5 Å². The molecular weight excluding hydrogens is 268 g/mol. The number of pyridine rings is 1. The van der Waals surface area contributed by atoms with Crippen LogP contribution in [-0.2, 0) is 0 Å². The summed E-state index contributed by atoms with van der Waals surface area (Å²) in [4.78, 5) is 4.42. The Hall–Kier alpha value is -1.90. The Morgan fingerprint density at radius 1 is 1.05 bits per heavy atom. The Morgan fingerprint density at radius 2 is 1.90 bits per heavy atom. The molecule has 0 aliphatic carbocycles. The predicted molar refractivity (Wildman–Crippen MR) is 84.1 cm³/mol. The lowest BCUT2D eigenvalue weighted by Crippen LogP contribution is -2.18. The van der Waals surface area contributed by atoms with Gasteiger partial charge in [0.1, 0.15) is 0 Å². The molecule has 20 heavy (non-hydrogen) atoms. The smallest absolute Gasteiger partial charge is 0.0705 e. The lowest BCUT2D eigenvalue weighted by molar-refractivity contribution is 0.697. The van der Waals surface area contributed by atoms with Crippen LogP contribution in [0.15, 0.2) is 60.8 Å². The van der Waals surface area contributed by atoms with Crippen LogP contribution in [0, 0.1) is 0 Å². The minimum Gasteiger partial charge on any atom is -0.309 e. The molecule has 1 heterocycles. The van der Waals surface area contributed by atoms with Crippen LogP contribution in [0.5, 0.6) is 0 Å². The summed E-state index contributed by atoms with van der Waals surface area (Å²) in [5.41, 5.74) is 3.36. The molecule has 2 aromatic carbocycles. The van der Waals surface area contributed by atoms with Gasteiger partial charge < -0.3 is 5.32 Å². The summed E-state index contributed by atoms with van der Waals surface area (Å²) in [5, 5.41) is 5.28. The van der Waals surface area contributed by atoms with Crippen LogP contribution in [-0.4, -0.2) is 12.0 Å². The van der Waals surface area contributed by atoms with Gasteiger partial charge in [0.2, 0.25) is 0 Å². The molecule has 1 aromatic heterocycles. The van der Waals surface area contributed by atoms with Crippen LogP contribution in [0.3, 0.4) is 0 Å². The second kappa shape index (κ2) is 5.61. The van der Waals surface area contributed by atoms with E-state index >= 15 is 0 Å². The number of halogens is 1. The van der Waals surface area contributed by atoms with Gasteiger partial charge in [-0.05, 0) is 42.4 Å². The maximum Gasteiger partial charge on any atom is 0.0705 e. The molecule has 3 rings (SSSR count). The third-order valence-electron chi connectivity index (χ3n) is 3.46. The van der Waals surface area contributed by atoms with Gasteiger partial charge >= 0.3 is 0 Å². The number of rotatable bonds is 3. The second-order valence-corrected chi connectivity index (χ2v) is 5.13. The monoisotopic (exact) mass is 282 g/mol. The molecule has 0 saturated carbocycles. The zero-order valence-electron chi connectivity index (χ0n) is 11.2. The van der Waals surface area contributed by atoms with Crippen LogP contribution in [0.25, 0.3) is 10.9 Å². The molecule has 0 amide bonds. The van der Waals surface area contributed by atoms with E-state index in [0.717, 1.165) is 21.5 Å². The van der Waals surface area contributed by atoms with E-state index in [1.165, 1.54) is 5.56 Å². The first-order valence-electron chi connectivity index (χ1n) is 6.56. The van der Waals surface area contributed by atoms with E-state index in [9.17, 15) is 0 Å². The molecule has 100 valence electrons. The topological polar surface area (TPSA) is 24.9 Å². The first-order valence-corrected chi connectivity index (χ1v) is 6.94. The van der Waals surface area contributed by atoms with E-state index in [1.807, 2.05) is 49.6 Å². The van der Waals surface area contributed by atoms with Crippen molar-refractivity contribution >= 4 is 22.5 Å². The Balaban J connectivity index is 2.17. The molecule has 0 fully saturated rings. The van der Waals surface area contributed by atoms with Crippen molar-refractivity contribution in [3.63, 3.8) is 0 Å². The van der Waals surface area contributed by atoms with Gasteiger partial charge in [0.25, 0.3) is 0 Å². The number of benzene rings is 2. The number of hydrogen-bond donors (Lipinski definition) is 1. The molecule has 0 radical (unpaired) electrons. The van der Waals surface area contributed by atoms with Crippen molar-refractivity contribution in [3.05, 3.63) is 76.9 Å². The summed E-state index contributed by atoms with van der Waals surface area (Å²) < 4.78 is 0. The zero-order chi connectivity index (χ0) is 13.9. The molecule has 3 heteroatoms.